The zero-order chi connectivity index (χ0) is 17.1. The van der Waals surface area contributed by atoms with Gasteiger partial charge in [0.05, 0.1) is 20.0 Å². The quantitative estimate of drug-likeness (QED) is 0.400. The Hall–Kier alpha value is 0.892. The van der Waals surface area contributed by atoms with Crippen molar-refractivity contribution >= 4 is 41.4 Å². The molecule has 0 spiro atoms. The number of hydrogen-bond acceptors (Lipinski definition) is 6. The van der Waals surface area contributed by atoms with Gasteiger partial charge in [-0.1, -0.05) is 0 Å². The van der Waals surface area contributed by atoms with Crippen LogP contribution in [-0.4, -0.2) is 55.9 Å². The molecule has 0 bridgehead atoms. The van der Waals surface area contributed by atoms with Gasteiger partial charge < -0.3 is 28.4 Å². The van der Waals surface area contributed by atoms with Gasteiger partial charge in [0.25, 0.3) is 0 Å². The molecule has 0 aromatic carbocycles. The van der Waals surface area contributed by atoms with Crippen molar-refractivity contribution in [1.29, 1.82) is 0 Å². The first-order valence-corrected chi connectivity index (χ1v) is 10.7. The minimum atomic E-state index is -2.64. The molecule has 0 aliphatic rings. The van der Waals surface area contributed by atoms with Crippen LogP contribution in [0.25, 0.3) is 0 Å². The summed E-state index contributed by atoms with van der Waals surface area (Å²) >= 11 is 0. The molecule has 3 unspecified atom stereocenters. The summed E-state index contributed by atoms with van der Waals surface area (Å²) in [6.07, 6.45) is 0.507. The Morgan fingerprint density at radius 3 is 0.818 bits per heavy atom. The normalized spacial score (nSPS) is 13.4. The molecule has 0 rings (SSSR count). The fourth-order valence-corrected chi connectivity index (χ4v) is 1.90. The maximum atomic E-state index is 11.1. The molecule has 0 radical (unpaired) electrons. The summed E-state index contributed by atoms with van der Waals surface area (Å²) in [5, 5.41) is 0. The Balaban J connectivity index is -0.000000108. The van der Waals surface area contributed by atoms with E-state index >= 15 is 0 Å². The Bertz CT molecular complexity index is 247. The van der Waals surface area contributed by atoms with Crippen LogP contribution in [0.1, 0.15) is 19.3 Å². The molecular weight excluding hydrogens is 381 g/mol. The number of hydrogen-bond donors (Lipinski definition) is 0. The molecule has 22 heavy (non-hydrogen) atoms. The number of rotatable bonds is 9. The first-order valence-electron chi connectivity index (χ1n) is 6.09. The topological polar surface area (TPSA) is 120 Å². The second-order valence-electron chi connectivity index (χ2n) is 3.49. The smallest absolute Gasteiger partial charge is 0.802 e. The van der Waals surface area contributed by atoms with Crippen molar-refractivity contribution in [2.45, 2.75) is 19.3 Å². The van der Waals surface area contributed by atoms with Gasteiger partial charge in [0, 0.05) is 24.1 Å². The van der Waals surface area contributed by atoms with Crippen molar-refractivity contribution < 1.29 is 41.5 Å². The van der Waals surface area contributed by atoms with Crippen molar-refractivity contribution in [2.24, 2.45) is 0 Å². The first kappa shape index (κ1) is 30.7. The minimum absolute atomic E-state index is 0. The first-order chi connectivity index (χ1) is 9.81. The van der Waals surface area contributed by atoms with Crippen LogP contribution in [0.4, 0.5) is 13.2 Å². The van der Waals surface area contributed by atoms with E-state index in [4.69, 9.17) is 0 Å². The van der Waals surface area contributed by atoms with Crippen LogP contribution >= 0.6 is 24.1 Å². The Morgan fingerprint density at radius 2 is 0.773 bits per heavy atom. The summed E-state index contributed by atoms with van der Waals surface area (Å²) in [7, 11) is -7.91. The van der Waals surface area contributed by atoms with Gasteiger partial charge in [-0.25, -0.2) is 0 Å². The standard InChI is InChI=1S/3C3H8FO2P.Al/c3*4-2-1-3-7(5)6;/h3*7H,1-3H2,(H,5,6);/q;;;+3/p-3. The molecule has 6 nitrogen and oxygen atoms in total. The van der Waals surface area contributed by atoms with Gasteiger partial charge >= 0.3 is 17.4 Å². The van der Waals surface area contributed by atoms with Crippen LogP contribution in [0.3, 0.4) is 0 Å². The molecule has 132 valence electrons. The van der Waals surface area contributed by atoms with E-state index in [0.29, 0.717) is 0 Å². The van der Waals surface area contributed by atoms with Gasteiger partial charge in [-0.05, 0) is 37.7 Å². The summed E-state index contributed by atoms with van der Waals surface area (Å²) in [4.78, 5) is 29.0. The van der Waals surface area contributed by atoms with E-state index in [9.17, 15) is 41.5 Å². The van der Waals surface area contributed by atoms with Crippen LogP contribution < -0.4 is 14.7 Å². The van der Waals surface area contributed by atoms with Crippen molar-refractivity contribution in [3.8, 4) is 0 Å². The maximum Gasteiger partial charge on any atom is 3.00 e. The SMILES string of the molecule is O=[PH]([O-])CCCF.O=[PH]([O-])CCCF.O=[PH]([O-])CCCF.[Al+3]. The second kappa shape index (κ2) is 26.8. The second-order valence-corrected chi connectivity index (χ2v) is 7.23. The molecule has 0 aromatic rings. The van der Waals surface area contributed by atoms with Crippen LogP contribution in [-0.2, 0) is 13.7 Å². The van der Waals surface area contributed by atoms with Gasteiger partial charge in [-0.2, -0.15) is 0 Å². The van der Waals surface area contributed by atoms with Crippen molar-refractivity contribution in [2.75, 3.05) is 38.5 Å². The third-order valence-electron chi connectivity index (χ3n) is 1.54. The number of halogens is 3. The molecule has 0 saturated carbocycles. The molecule has 3 atom stereocenters. The Morgan fingerprint density at radius 1 is 0.591 bits per heavy atom. The monoisotopic (exact) mass is 402 g/mol. The molecule has 0 aliphatic heterocycles. The predicted molar refractivity (Wildman–Crippen MR) is 79.1 cm³/mol. The average molecular weight is 402 g/mol. The van der Waals surface area contributed by atoms with Gasteiger partial charge in [0.1, 0.15) is 0 Å². The van der Waals surface area contributed by atoms with Crippen LogP contribution in [0.15, 0.2) is 0 Å². The van der Waals surface area contributed by atoms with Gasteiger partial charge in [-0.3, -0.25) is 13.2 Å². The van der Waals surface area contributed by atoms with Crippen LogP contribution in [0, 0.1) is 0 Å². The van der Waals surface area contributed by atoms with Gasteiger partial charge in [-0.15, -0.1) is 0 Å². The summed E-state index contributed by atoms with van der Waals surface area (Å²) in [5.41, 5.74) is 0. The molecule has 0 aliphatic carbocycles. The summed E-state index contributed by atoms with van der Waals surface area (Å²) < 4.78 is 62.3. The van der Waals surface area contributed by atoms with E-state index in [-0.39, 0.29) is 55.1 Å². The van der Waals surface area contributed by atoms with E-state index in [0.717, 1.165) is 0 Å². The van der Waals surface area contributed by atoms with Crippen LogP contribution in [0.5, 0.6) is 0 Å². The molecule has 0 aromatic heterocycles. The van der Waals surface area contributed by atoms with E-state index in [1.54, 1.807) is 0 Å². The predicted octanol–water partition coefficient (Wildman–Crippen LogP) is 0.162. The summed E-state index contributed by atoms with van der Waals surface area (Å²) in [5.74, 6) is 0. The van der Waals surface area contributed by atoms with E-state index in [2.05, 4.69) is 0 Å². The zero-order valence-corrected chi connectivity index (χ0v) is 16.2. The third kappa shape index (κ3) is 49.7. The maximum absolute atomic E-state index is 11.1. The average Bonchev–Trinajstić information content (AvgIpc) is 2.41. The van der Waals surface area contributed by atoms with Crippen molar-refractivity contribution in [3.63, 3.8) is 0 Å². The molecular formula is C9H21AlF3O6P3. The largest absolute Gasteiger partial charge is 3.00 e. The summed E-state index contributed by atoms with van der Waals surface area (Å²) in [6, 6.07) is 0. The minimum Gasteiger partial charge on any atom is -0.802 e. The Kier molecular flexibility index (Phi) is 37.4. The molecule has 0 saturated heterocycles. The van der Waals surface area contributed by atoms with E-state index < -0.39 is 44.1 Å². The van der Waals surface area contributed by atoms with Gasteiger partial charge in [0.2, 0.25) is 0 Å². The fourth-order valence-electron chi connectivity index (χ4n) is 0.633. The molecule has 0 N–H and O–H groups in total. The zero-order valence-electron chi connectivity index (χ0n) is 12.0. The molecule has 0 amide bonds. The van der Waals surface area contributed by atoms with Crippen LogP contribution in [0.2, 0.25) is 0 Å². The molecule has 0 heterocycles. The Labute approximate surface area is 141 Å². The van der Waals surface area contributed by atoms with Crippen molar-refractivity contribution in [3.05, 3.63) is 0 Å². The number of alkyl halides is 3. The molecule has 0 fully saturated rings. The molecule has 13 heteroatoms. The van der Waals surface area contributed by atoms with E-state index in [1.807, 2.05) is 0 Å². The van der Waals surface area contributed by atoms with Gasteiger partial charge in [0.15, 0.2) is 0 Å². The van der Waals surface area contributed by atoms with Crippen molar-refractivity contribution in [1.82, 2.24) is 0 Å². The fraction of sp³-hybridized carbons (Fsp3) is 1.00. The third-order valence-corrected chi connectivity index (χ3v) is 3.83. The van der Waals surface area contributed by atoms with E-state index in [1.165, 1.54) is 0 Å². The summed E-state index contributed by atoms with van der Waals surface area (Å²) in [6.45, 7) is -1.59.